The quantitative estimate of drug-likeness (QED) is 0.350. The molecule has 6 nitrogen and oxygen atoms in total. The smallest absolute Gasteiger partial charge is 0.356 e. The lowest BCUT2D eigenvalue weighted by Crippen LogP contribution is -2.49. The molecule has 0 amide bonds. The predicted molar refractivity (Wildman–Crippen MR) is 119 cm³/mol. The molecule has 164 valence electrons. The van der Waals surface area contributed by atoms with Crippen molar-refractivity contribution in [2.45, 2.75) is 56.8 Å². The van der Waals surface area contributed by atoms with E-state index in [2.05, 4.69) is 30.4 Å². The van der Waals surface area contributed by atoms with Crippen LogP contribution in [-0.2, 0) is 31.1 Å². The Bertz CT molecular complexity index is 904. The van der Waals surface area contributed by atoms with Gasteiger partial charge in [-0.05, 0) is 30.9 Å². The fourth-order valence-electron chi connectivity index (χ4n) is 4.17. The van der Waals surface area contributed by atoms with Gasteiger partial charge in [0.05, 0.1) is 12.1 Å². The van der Waals surface area contributed by atoms with E-state index in [-0.39, 0.29) is 29.4 Å². The zero-order valence-corrected chi connectivity index (χ0v) is 19.1. The summed E-state index contributed by atoms with van der Waals surface area (Å²) in [6.45, 7) is 1.97. The Hall–Kier alpha value is -1.85. The van der Waals surface area contributed by atoms with Gasteiger partial charge in [-0.1, -0.05) is 24.6 Å². The van der Waals surface area contributed by atoms with E-state index in [0.717, 1.165) is 61.9 Å². The van der Waals surface area contributed by atoms with Crippen molar-refractivity contribution in [2.75, 3.05) is 13.6 Å². The first-order chi connectivity index (χ1) is 13.9. The van der Waals surface area contributed by atoms with Crippen LogP contribution in [0.15, 0.2) is 29.3 Å². The lowest BCUT2D eigenvalue weighted by atomic mass is 9.64. The molecule has 1 aliphatic heterocycles. The molecule has 1 aromatic carbocycles. The van der Waals surface area contributed by atoms with Gasteiger partial charge in [0.15, 0.2) is 11.8 Å². The fourth-order valence-corrected chi connectivity index (χ4v) is 4.17. The number of halogens is 4. The van der Waals surface area contributed by atoms with Gasteiger partial charge in [-0.2, -0.15) is 13.2 Å². The number of aliphatic imine (C=N–C) groups is 1. The van der Waals surface area contributed by atoms with Gasteiger partial charge in [-0.25, -0.2) is 0 Å². The molecule has 2 aliphatic rings. The van der Waals surface area contributed by atoms with E-state index in [4.69, 9.17) is 0 Å². The van der Waals surface area contributed by atoms with Crippen LogP contribution >= 0.6 is 24.0 Å². The Kier molecular flexibility index (Phi) is 6.93. The second kappa shape index (κ2) is 9.11. The third kappa shape index (κ3) is 4.57. The highest BCUT2D eigenvalue weighted by Crippen LogP contribution is 2.44. The Balaban J connectivity index is 0.00000256. The molecule has 2 heterocycles. The van der Waals surface area contributed by atoms with E-state index < -0.39 is 11.7 Å². The molecule has 0 atom stereocenters. The average molecular weight is 534 g/mol. The minimum Gasteiger partial charge on any atom is -0.356 e. The normalized spacial score (nSPS) is 17.7. The number of benzene rings is 1. The number of fused-ring (bicyclic) bond motifs is 1. The van der Waals surface area contributed by atoms with Crippen LogP contribution in [-0.4, -0.2) is 34.3 Å². The van der Waals surface area contributed by atoms with Gasteiger partial charge in [0.2, 0.25) is 0 Å². The molecule has 2 N–H and O–H groups in total. The van der Waals surface area contributed by atoms with Gasteiger partial charge < -0.3 is 15.2 Å². The van der Waals surface area contributed by atoms with Crippen LogP contribution in [0.4, 0.5) is 13.2 Å². The van der Waals surface area contributed by atoms with Crippen LogP contribution in [0.3, 0.4) is 0 Å². The first-order valence-corrected chi connectivity index (χ1v) is 9.94. The Morgan fingerprint density at radius 3 is 2.67 bits per heavy atom. The maximum Gasteiger partial charge on any atom is 0.416 e. The van der Waals surface area contributed by atoms with E-state index in [1.54, 1.807) is 13.1 Å². The molecule has 0 saturated heterocycles. The summed E-state index contributed by atoms with van der Waals surface area (Å²) in [5, 5.41) is 15.0. The van der Waals surface area contributed by atoms with Gasteiger partial charge in [0, 0.05) is 32.0 Å². The summed E-state index contributed by atoms with van der Waals surface area (Å²) in [5.74, 6) is 2.50. The maximum absolute atomic E-state index is 13.1. The molecule has 30 heavy (non-hydrogen) atoms. The van der Waals surface area contributed by atoms with E-state index in [0.29, 0.717) is 19.0 Å². The third-order valence-electron chi connectivity index (χ3n) is 6.03. The van der Waals surface area contributed by atoms with Crippen molar-refractivity contribution in [3.63, 3.8) is 0 Å². The predicted octanol–water partition coefficient (Wildman–Crippen LogP) is 3.65. The summed E-state index contributed by atoms with van der Waals surface area (Å²) >= 11 is 0. The number of aryl methyl sites for hydroxylation is 1. The van der Waals surface area contributed by atoms with Crippen LogP contribution in [0.5, 0.6) is 0 Å². The molecule has 1 fully saturated rings. The van der Waals surface area contributed by atoms with Crippen molar-refractivity contribution in [3.05, 3.63) is 47.0 Å². The minimum absolute atomic E-state index is 0. The Morgan fingerprint density at radius 2 is 2.00 bits per heavy atom. The number of aromatic nitrogens is 3. The van der Waals surface area contributed by atoms with Crippen LogP contribution < -0.4 is 10.6 Å². The topological polar surface area (TPSA) is 67.1 Å². The van der Waals surface area contributed by atoms with E-state index in [1.807, 2.05) is 0 Å². The summed E-state index contributed by atoms with van der Waals surface area (Å²) < 4.78 is 41.5. The highest BCUT2D eigenvalue weighted by Gasteiger charge is 2.40. The van der Waals surface area contributed by atoms with Crippen molar-refractivity contribution < 1.29 is 13.2 Å². The number of hydrogen-bond donors (Lipinski definition) is 2. The highest BCUT2D eigenvalue weighted by molar-refractivity contribution is 14.0. The molecule has 10 heteroatoms. The van der Waals surface area contributed by atoms with Crippen molar-refractivity contribution in [1.29, 1.82) is 0 Å². The number of nitrogens with zero attached hydrogens (tertiary/aromatic N) is 4. The van der Waals surface area contributed by atoms with Crippen LogP contribution in [0.1, 0.15) is 48.5 Å². The maximum atomic E-state index is 13.1. The summed E-state index contributed by atoms with van der Waals surface area (Å²) in [6, 6.07) is 5.71. The molecule has 0 bridgehead atoms. The number of rotatable bonds is 5. The fraction of sp³-hybridized carbons (Fsp3) is 0.550. The number of hydrogen-bond acceptors (Lipinski definition) is 3. The van der Waals surface area contributed by atoms with E-state index >= 15 is 0 Å². The van der Waals surface area contributed by atoms with Gasteiger partial charge >= 0.3 is 6.18 Å². The monoisotopic (exact) mass is 534 g/mol. The Labute approximate surface area is 190 Å². The molecule has 1 saturated carbocycles. The summed E-state index contributed by atoms with van der Waals surface area (Å²) in [6.07, 6.45) is 0.441. The van der Waals surface area contributed by atoms with Crippen LogP contribution in [0.2, 0.25) is 0 Å². The second-order valence-corrected chi connectivity index (χ2v) is 7.78. The SMILES string of the molecule is CN=C(NCc1nnc2n1CCC2)NCC1(c2cccc(C(F)(F)F)c2)CCC1.I. The molecular weight excluding hydrogens is 508 g/mol. The van der Waals surface area contributed by atoms with Crippen molar-refractivity contribution in [2.24, 2.45) is 4.99 Å². The molecule has 0 unspecified atom stereocenters. The lowest BCUT2D eigenvalue weighted by Gasteiger charge is -2.43. The van der Waals surface area contributed by atoms with Crippen molar-refractivity contribution in [3.8, 4) is 0 Å². The molecular formula is C20H26F3IN6. The first-order valence-electron chi connectivity index (χ1n) is 9.94. The number of alkyl halides is 3. The zero-order valence-electron chi connectivity index (χ0n) is 16.8. The summed E-state index contributed by atoms with van der Waals surface area (Å²) in [7, 11) is 1.68. The van der Waals surface area contributed by atoms with E-state index in [1.165, 1.54) is 12.1 Å². The van der Waals surface area contributed by atoms with Gasteiger partial charge in [-0.15, -0.1) is 34.2 Å². The lowest BCUT2D eigenvalue weighted by molar-refractivity contribution is -0.137. The van der Waals surface area contributed by atoms with Gasteiger partial charge in [-0.3, -0.25) is 4.99 Å². The van der Waals surface area contributed by atoms with Crippen molar-refractivity contribution in [1.82, 2.24) is 25.4 Å². The third-order valence-corrected chi connectivity index (χ3v) is 6.03. The first kappa shape index (κ1) is 22.8. The van der Waals surface area contributed by atoms with Crippen LogP contribution in [0, 0.1) is 0 Å². The molecule has 4 rings (SSSR count). The number of nitrogens with one attached hydrogen (secondary N) is 2. The molecule has 0 radical (unpaired) electrons. The molecule has 1 aliphatic carbocycles. The number of guanidine groups is 1. The Morgan fingerprint density at radius 1 is 1.20 bits per heavy atom. The minimum atomic E-state index is -4.33. The molecule has 0 spiro atoms. The largest absolute Gasteiger partial charge is 0.416 e. The standard InChI is InChI=1S/C20H25F3N6.HI/c1-24-18(25-12-17-28-27-16-7-3-10-29(16)17)26-13-19(8-4-9-19)14-5-2-6-15(11-14)20(21,22)23;/h2,5-6,11H,3-4,7-10,12-13H2,1H3,(H2,24,25,26);1H. The average Bonchev–Trinajstić information content (AvgIpc) is 3.27. The van der Waals surface area contributed by atoms with Crippen molar-refractivity contribution >= 4 is 29.9 Å². The van der Waals surface area contributed by atoms with E-state index in [9.17, 15) is 13.2 Å². The second-order valence-electron chi connectivity index (χ2n) is 7.78. The molecule has 1 aromatic heterocycles. The van der Waals surface area contributed by atoms with Crippen LogP contribution in [0.25, 0.3) is 0 Å². The summed E-state index contributed by atoms with van der Waals surface area (Å²) in [4.78, 5) is 4.25. The highest BCUT2D eigenvalue weighted by atomic mass is 127. The molecule has 2 aromatic rings. The zero-order chi connectivity index (χ0) is 20.5. The van der Waals surface area contributed by atoms with Gasteiger partial charge in [0.1, 0.15) is 5.82 Å². The van der Waals surface area contributed by atoms with Gasteiger partial charge in [0.25, 0.3) is 0 Å². The summed E-state index contributed by atoms with van der Waals surface area (Å²) in [5.41, 5.74) is -0.157.